The highest BCUT2D eigenvalue weighted by Gasteiger charge is 2.16. The van der Waals surface area contributed by atoms with Crippen LogP contribution in [0, 0.1) is 5.82 Å². The monoisotopic (exact) mass is 268 g/mol. The van der Waals surface area contributed by atoms with Gasteiger partial charge in [0.05, 0.1) is 12.2 Å². The summed E-state index contributed by atoms with van der Waals surface area (Å²) >= 11 is 0. The zero-order valence-corrected chi connectivity index (χ0v) is 12.4. The van der Waals surface area contributed by atoms with Gasteiger partial charge in [0.1, 0.15) is 0 Å². The van der Waals surface area contributed by atoms with Crippen LogP contribution in [0.3, 0.4) is 0 Å². The molecular formula is C16H25FO2. The van der Waals surface area contributed by atoms with E-state index in [0.29, 0.717) is 5.75 Å². The van der Waals surface area contributed by atoms with Crippen molar-refractivity contribution >= 4 is 0 Å². The zero-order chi connectivity index (χ0) is 14.3. The maximum Gasteiger partial charge on any atom is 0.197 e. The Hall–Kier alpha value is -1.25. The van der Waals surface area contributed by atoms with Crippen molar-refractivity contribution in [3.05, 3.63) is 24.0 Å². The molecule has 2 nitrogen and oxygen atoms in total. The average molecular weight is 268 g/mol. The third-order valence-corrected chi connectivity index (χ3v) is 2.97. The predicted octanol–water partition coefficient (Wildman–Crippen LogP) is 4.96. The van der Waals surface area contributed by atoms with Crippen LogP contribution in [-0.4, -0.2) is 12.2 Å². The minimum absolute atomic E-state index is 0.00858. The molecule has 108 valence electrons. The number of hydrogen-bond donors (Lipinski definition) is 0. The van der Waals surface area contributed by atoms with Crippen molar-refractivity contribution < 1.29 is 13.9 Å². The molecule has 0 saturated carbocycles. The second kappa shape index (κ2) is 8.03. The fourth-order valence-electron chi connectivity index (χ4n) is 2.05. The van der Waals surface area contributed by atoms with E-state index in [1.54, 1.807) is 12.1 Å². The third-order valence-electron chi connectivity index (χ3n) is 2.97. The lowest BCUT2D eigenvalue weighted by atomic mass is 10.2. The van der Waals surface area contributed by atoms with E-state index >= 15 is 0 Å². The summed E-state index contributed by atoms with van der Waals surface area (Å²) in [7, 11) is 0. The standard InChI is InChI=1S/C16H25FO2/c1-5-8-12(3)18-15-11-7-10-14(17)16(15)19-13(4)9-6-2/h7,10-13H,5-6,8-9H2,1-4H3. The van der Waals surface area contributed by atoms with Crippen molar-refractivity contribution in [2.75, 3.05) is 0 Å². The summed E-state index contributed by atoms with van der Waals surface area (Å²) in [5.74, 6) is 0.388. The quantitative estimate of drug-likeness (QED) is 0.663. The lowest BCUT2D eigenvalue weighted by Crippen LogP contribution is -2.16. The Bertz CT molecular complexity index is 379. The number of benzene rings is 1. The Balaban J connectivity index is 2.82. The highest BCUT2D eigenvalue weighted by atomic mass is 19.1. The van der Waals surface area contributed by atoms with Crippen molar-refractivity contribution in [1.29, 1.82) is 0 Å². The maximum absolute atomic E-state index is 13.9. The van der Waals surface area contributed by atoms with Gasteiger partial charge in [-0.1, -0.05) is 32.8 Å². The van der Waals surface area contributed by atoms with E-state index in [9.17, 15) is 4.39 Å². The van der Waals surface area contributed by atoms with E-state index < -0.39 is 0 Å². The Labute approximate surface area is 115 Å². The van der Waals surface area contributed by atoms with Crippen LogP contribution in [0.25, 0.3) is 0 Å². The normalized spacial score (nSPS) is 13.9. The van der Waals surface area contributed by atoms with Crippen molar-refractivity contribution in [1.82, 2.24) is 0 Å². The molecule has 0 heterocycles. The molecule has 0 radical (unpaired) electrons. The summed E-state index contributed by atoms with van der Waals surface area (Å²) in [4.78, 5) is 0. The largest absolute Gasteiger partial charge is 0.487 e. The van der Waals surface area contributed by atoms with E-state index in [1.165, 1.54) is 6.07 Å². The molecule has 0 bridgehead atoms. The highest BCUT2D eigenvalue weighted by molar-refractivity contribution is 5.41. The molecule has 0 N–H and O–H groups in total. The third kappa shape index (κ3) is 5.09. The van der Waals surface area contributed by atoms with Gasteiger partial charge < -0.3 is 9.47 Å². The molecule has 19 heavy (non-hydrogen) atoms. The molecule has 1 aromatic rings. The average Bonchev–Trinajstić information content (AvgIpc) is 2.34. The minimum Gasteiger partial charge on any atom is -0.487 e. The lowest BCUT2D eigenvalue weighted by molar-refractivity contribution is 0.164. The topological polar surface area (TPSA) is 18.5 Å². The van der Waals surface area contributed by atoms with Gasteiger partial charge in [-0.2, -0.15) is 0 Å². The van der Waals surface area contributed by atoms with Crippen molar-refractivity contribution in [3.63, 3.8) is 0 Å². The van der Waals surface area contributed by atoms with Crippen molar-refractivity contribution in [3.8, 4) is 11.5 Å². The Morgan fingerprint density at radius 2 is 1.58 bits per heavy atom. The summed E-state index contributed by atoms with van der Waals surface area (Å²) < 4.78 is 25.4. The minimum atomic E-state index is -0.357. The van der Waals surface area contributed by atoms with Gasteiger partial charge in [0.2, 0.25) is 0 Å². The summed E-state index contributed by atoms with van der Waals surface area (Å²) in [6.07, 6.45) is 3.96. The van der Waals surface area contributed by atoms with Crippen LogP contribution in [0.1, 0.15) is 53.4 Å². The fourth-order valence-corrected chi connectivity index (χ4v) is 2.05. The maximum atomic E-state index is 13.9. The molecule has 2 unspecified atom stereocenters. The summed E-state index contributed by atoms with van der Waals surface area (Å²) in [6, 6.07) is 4.83. The van der Waals surface area contributed by atoms with Crippen molar-refractivity contribution in [2.24, 2.45) is 0 Å². The SMILES string of the molecule is CCCC(C)Oc1cccc(F)c1OC(C)CCC. The van der Waals surface area contributed by atoms with Crippen LogP contribution in [0.5, 0.6) is 11.5 Å². The van der Waals surface area contributed by atoms with Gasteiger partial charge in [-0.15, -0.1) is 0 Å². The summed E-state index contributed by atoms with van der Waals surface area (Å²) in [5, 5.41) is 0. The molecule has 0 amide bonds. The van der Waals surface area contributed by atoms with E-state index in [0.717, 1.165) is 25.7 Å². The highest BCUT2D eigenvalue weighted by Crippen LogP contribution is 2.32. The van der Waals surface area contributed by atoms with Crippen LogP contribution in [0.15, 0.2) is 18.2 Å². The lowest BCUT2D eigenvalue weighted by Gasteiger charge is -2.20. The Morgan fingerprint density at radius 3 is 2.16 bits per heavy atom. The van der Waals surface area contributed by atoms with E-state index in [4.69, 9.17) is 9.47 Å². The van der Waals surface area contributed by atoms with Crippen LogP contribution >= 0.6 is 0 Å². The predicted molar refractivity (Wildman–Crippen MR) is 76.4 cm³/mol. The summed E-state index contributed by atoms with van der Waals surface area (Å²) in [6.45, 7) is 8.14. The molecule has 0 saturated heterocycles. The second-order valence-corrected chi connectivity index (χ2v) is 5.00. The first-order chi connectivity index (χ1) is 9.08. The first-order valence-corrected chi connectivity index (χ1v) is 7.20. The molecule has 1 rings (SSSR count). The van der Waals surface area contributed by atoms with Gasteiger partial charge >= 0.3 is 0 Å². The molecule has 1 aromatic carbocycles. The molecule has 3 heteroatoms. The van der Waals surface area contributed by atoms with Crippen molar-refractivity contribution in [2.45, 2.75) is 65.6 Å². The number of halogens is 1. The molecule has 2 atom stereocenters. The number of hydrogen-bond acceptors (Lipinski definition) is 2. The van der Waals surface area contributed by atoms with Crippen LogP contribution in [0.2, 0.25) is 0 Å². The fraction of sp³-hybridized carbons (Fsp3) is 0.625. The van der Waals surface area contributed by atoms with E-state index in [-0.39, 0.29) is 23.8 Å². The molecule has 0 aliphatic heterocycles. The zero-order valence-electron chi connectivity index (χ0n) is 12.4. The van der Waals surface area contributed by atoms with Crippen LogP contribution < -0.4 is 9.47 Å². The molecule has 0 aromatic heterocycles. The van der Waals surface area contributed by atoms with E-state index in [2.05, 4.69) is 13.8 Å². The van der Waals surface area contributed by atoms with E-state index in [1.807, 2.05) is 13.8 Å². The molecule has 0 fully saturated rings. The molecule has 0 aliphatic rings. The summed E-state index contributed by atoms with van der Waals surface area (Å²) in [5.41, 5.74) is 0. The van der Waals surface area contributed by atoms with Gasteiger partial charge in [0.15, 0.2) is 17.3 Å². The first-order valence-electron chi connectivity index (χ1n) is 7.20. The molecule has 0 spiro atoms. The second-order valence-electron chi connectivity index (χ2n) is 5.00. The Morgan fingerprint density at radius 1 is 1.00 bits per heavy atom. The van der Waals surface area contributed by atoms with Gasteiger partial charge in [0.25, 0.3) is 0 Å². The van der Waals surface area contributed by atoms with Gasteiger partial charge in [-0.25, -0.2) is 4.39 Å². The van der Waals surface area contributed by atoms with Gasteiger partial charge in [-0.05, 0) is 38.8 Å². The Kier molecular flexibility index (Phi) is 6.68. The first kappa shape index (κ1) is 15.8. The number of para-hydroxylation sites is 1. The molecule has 0 aliphatic carbocycles. The van der Waals surface area contributed by atoms with Gasteiger partial charge in [-0.3, -0.25) is 0 Å². The smallest absolute Gasteiger partial charge is 0.197 e. The van der Waals surface area contributed by atoms with Gasteiger partial charge in [0, 0.05) is 0 Å². The molecular weight excluding hydrogens is 243 g/mol. The number of rotatable bonds is 8. The van der Waals surface area contributed by atoms with Crippen LogP contribution in [0.4, 0.5) is 4.39 Å². The number of ether oxygens (including phenoxy) is 2. The van der Waals surface area contributed by atoms with Crippen LogP contribution in [-0.2, 0) is 0 Å².